The molecule has 0 spiro atoms. The molecule has 0 saturated carbocycles. The second-order valence-electron chi connectivity index (χ2n) is 5.90. The lowest BCUT2D eigenvalue weighted by atomic mass is 10.1. The molecule has 0 aliphatic heterocycles. The normalized spacial score (nSPS) is 12.9. The van der Waals surface area contributed by atoms with E-state index in [-0.39, 0.29) is 6.10 Å². The van der Waals surface area contributed by atoms with Crippen molar-refractivity contribution >= 4 is 35.1 Å². The average Bonchev–Trinajstić information content (AvgIpc) is 2.62. The van der Waals surface area contributed by atoms with Crippen molar-refractivity contribution in [2.75, 3.05) is 0 Å². The zero-order chi connectivity index (χ0) is 19.1. The van der Waals surface area contributed by atoms with Crippen molar-refractivity contribution in [3.63, 3.8) is 0 Å². The molecule has 2 rings (SSSR count). The Bertz CT molecular complexity index is 741. The Balaban J connectivity index is 1.89. The van der Waals surface area contributed by atoms with Gasteiger partial charge >= 0.3 is 11.9 Å². The Morgan fingerprint density at radius 2 is 1.27 bits per heavy atom. The first-order valence-corrected chi connectivity index (χ1v) is 9.07. The van der Waals surface area contributed by atoms with Crippen molar-refractivity contribution in [1.82, 2.24) is 0 Å². The van der Waals surface area contributed by atoms with E-state index in [0.29, 0.717) is 34.0 Å². The number of hydrogen-bond donors (Lipinski definition) is 0. The first kappa shape index (κ1) is 20.3. The maximum Gasteiger partial charge on any atom is 0.338 e. The number of hydrogen-bond acceptors (Lipinski definition) is 4. The van der Waals surface area contributed by atoms with Gasteiger partial charge in [-0.05, 0) is 61.9 Å². The Morgan fingerprint density at radius 1 is 0.846 bits per heavy atom. The van der Waals surface area contributed by atoms with E-state index in [1.54, 1.807) is 55.5 Å². The molecular weight excluding hydrogens is 375 g/mol. The molecule has 0 aliphatic rings. The zero-order valence-corrected chi connectivity index (χ0v) is 16.1. The summed E-state index contributed by atoms with van der Waals surface area (Å²) in [6.07, 6.45) is 0.268. The first-order valence-electron chi connectivity index (χ1n) is 8.32. The van der Waals surface area contributed by atoms with Gasteiger partial charge in [0, 0.05) is 16.5 Å². The van der Waals surface area contributed by atoms with E-state index in [1.165, 1.54) is 0 Å². The Kier molecular flexibility index (Phi) is 7.49. The van der Waals surface area contributed by atoms with Crippen molar-refractivity contribution in [2.45, 2.75) is 38.9 Å². The van der Waals surface area contributed by atoms with Crippen molar-refractivity contribution < 1.29 is 19.1 Å². The summed E-state index contributed by atoms with van der Waals surface area (Å²) in [5.41, 5.74) is 0.853. The molecule has 0 fully saturated rings. The van der Waals surface area contributed by atoms with Crippen LogP contribution in [0.3, 0.4) is 0 Å². The highest BCUT2D eigenvalue weighted by Gasteiger charge is 2.20. The maximum atomic E-state index is 12.2. The van der Waals surface area contributed by atoms with Gasteiger partial charge in [0.1, 0.15) is 12.2 Å². The van der Waals surface area contributed by atoms with Gasteiger partial charge in [0.25, 0.3) is 0 Å². The molecule has 2 atom stereocenters. The van der Waals surface area contributed by atoms with Gasteiger partial charge < -0.3 is 9.47 Å². The molecule has 6 heteroatoms. The second kappa shape index (κ2) is 9.60. The van der Waals surface area contributed by atoms with Crippen molar-refractivity contribution in [2.24, 2.45) is 0 Å². The summed E-state index contributed by atoms with van der Waals surface area (Å²) in [6, 6.07) is 13.0. The molecule has 0 bridgehead atoms. The van der Waals surface area contributed by atoms with Crippen LogP contribution in [-0.4, -0.2) is 24.1 Å². The molecule has 0 aromatic heterocycles. The van der Waals surface area contributed by atoms with Gasteiger partial charge in [0.15, 0.2) is 0 Å². The summed E-state index contributed by atoms with van der Waals surface area (Å²) in [5, 5.41) is 1.10. The topological polar surface area (TPSA) is 52.6 Å². The molecule has 0 heterocycles. The van der Waals surface area contributed by atoms with Gasteiger partial charge in [-0.3, -0.25) is 0 Å². The highest BCUT2D eigenvalue weighted by molar-refractivity contribution is 6.30. The van der Waals surface area contributed by atoms with Crippen molar-refractivity contribution in [1.29, 1.82) is 0 Å². The van der Waals surface area contributed by atoms with Crippen LogP contribution in [0.4, 0.5) is 0 Å². The summed E-state index contributed by atoms with van der Waals surface area (Å²) >= 11 is 11.6. The first-order chi connectivity index (χ1) is 12.4. The van der Waals surface area contributed by atoms with Crippen LogP contribution in [0.15, 0.2) is 48.5 Å². The van der Waals surface area contributed by atoms with E-state index < -0.39 is 18.0 Å². The molecule has 0 N–H and O–H groups in total. The van der Waals surface area contributed by atoms with Crippen molar-refractivity contribution in [3.8, 4) is 0 Å². The molecule has 138 valence electrons. The molecule has 2 aromatic rings. The molecule has 2 unspecified atom stereocenters. The molecule has 0 amide bonds. The predicted molar refractivity (Wildman–Crippen MR) is 102 cm³/mol. The molecule has 4 nitrogen and oxygen atoms in total. The van der Waals surface area contributed by atoms with E-state index in [1.807, 2.05) is 6.92 Å². The van der Waals surface area contributed by atoms with Gasteiger partial charge in [0.2, 0.25) is 0 Å². The van der Waals surface area contributed by atoms with Crippen molar-refractivity contribution in [3.05, 3.63) is 69.7 Å². The third-order valence-electron chi connectivity index (χ3n) is 3.79. The van der Waals surface area contributed by atoms with Crippen LogP contribution in [0.5, 0.6) is 0 Å². The minimum Gasteiger partial charge on any atom is -0.459 e. The minimum absolute atomic E-state index is 0.355. The highest BCUT2D eigenvalue weighted by atomic mass is 35.5. The summed E-state index contributed by atoms with van der Waals surface area (Å²) in [4.78, 5) is 24.3. The van der Waals surface area contributed by atoms with E-state index >= 15 is 0 Å². The number of rotatable bonds is 7. The van der Waals surface area contributed by atoms with Gasteiger partial charge in [-0.25, -0.2) is 9.59 Å². The van der Waals surface area contributed by atoms with Gasteiger partial charge in [-0.1, -0.05) is 30.1 Å². The summed E-state index contributed by atoms with van der Waals surface area (Å²) in [5.74, 6) is -0.863. The Labute approximate surface area is 163 Å². The van der Waals surface area contributed by atoms with Crippen LogP contribution in [0.1, 0.15) is 47.4 Å². The van der Waals surface area contributed by atoms with Crippen LogP contribution in [0, 0.1) is 0 Å². The molecular formula is C20H20Cl2O4. The molecule has 26 heavy (non-hydrogen) atoms. The Morgan fingerprint density at radius 3 is 1.69 bits per heavy atom. The Hall–Kier alpha value is -2.04. The second-order valence-corrected chi connectivity index (χ2v) is 6.77. The lowest BCUT2D eigenvalue weighted by Crippen LogP contribution is -2.25. The fraction of sp³-hybridized carbons (Fsp3) is 0.300. The molecule has 2 aromatic carbocycles. The van der Waals surface area contributed by atoms with Gasteiger partial charge in [-0.2, -0.15) is 0 Å². The van der Waals surface area contributed by atoms with Crippen LogP contribution in [-0.2, 0) is 9.47 Å². The summed E-state index contributed by atoms with van der Waals surface area (Å²) in [6.45, 7) is 3.68. The highest BCUT2D eigenvalue weighted by Crippen LogP contribution is 2.17. The SMILES string of the molecule is CCC(CC(C)OC(=O)c1ccc(Cl)cc1)OC(=O)c1ccc(Cl)cc1. The largest absolute Gasteiger partial charge is 0.459 e. The number of carbonyl (C=O) groups is 2. The van der Waals surface area contributed by atoms with E-state index in [9.17, 15) is 9.59 Å². The molecule has 0 saturated heterocycles. The van der Waals surface area contributed by atoms with Gasteiger partial charge in [-0.15, -0.1) is 0 Å². The van der Waals surface area contributed by atoms with E-state index in [4.69, 9.17) is 32.7 Å². The fourth-order valence-electron chi connectivity index (χ4n) is 2.36. The third kappa shape index (κ3) is 6.04. The summed E-state index contributed by atoms with van der Waals surface area (Å²) < 4.78 is 10.9. The van der Waals surface area contributed by atoms with E-state index in [2.05, 4.69) is 0 Å². The van der Waals surface area contributed by atoms with Crippen LogP contribution < -0.4 is 0 Å². The average molecular weight is 395 g/mol. The quantitative estimate of drug-likeness (QED) is 0.576. The number of esters is 2. The smallest absolute Gasteiger partial charge is 0.338 e. The lowest BCUT2D eigenvalue weighted by Gasteiger charge is -2.20. The van der Waals surface area contributed by atoms with E-state index in [0.717, 1.165) is 0 Å². The number of halogens is 2. The number of carbonyl (C=O) groups excluding carboxylic acids is 2. The maximum absolute atomic E-state index is 12.2. The number of ether oxygens (including phenoxy) is 2. The zero-order valence-electron chi connectivity index (χ0n) is 14.6. The van der Waals surface area contributed by atoms with Crippen LogP contribution in [0.2, 0.25) is 10.0 Å². The lowest BCUT2D eigenvalue weighted by molar-refractivity contribution is 0.00281. The fourth-order valence-corrected chi connectivity index (χ4v) is 2.61. The minimum atomic E-state index is -0.437. The standard InChI is InChI=1S/C20H20Cl2O4/c1-3-18(26-20(24)15-6-10-17(22)11-7-15)12-13(2)25-19(23)14-4-8-16(21)9-5-14/h4-11,13,18H,3,12H2,1-2H3. The monoisotopic (exact) mass is 394 g/mol. The number of benzene rings is 2. The predicted octanol–water partition coefficient (Wildman–Crippen LogP) is 5.56. The molecule has 0 aliphatic carbocycles. The third-order valence-corrected chi connectivity index (χ3v) is 4.30. The van der Waals surface area contributed by atoms with Crippen LogP contribution in [0.25, 0.3) is 0 Å². The van der Waals surface area contributed by atoms with Crippen LogP contribution >= 0.6 is 23.2 Å². The molecule has 0 radical (unpaired) electrons. The van der Waals surface area contributed by atoms with Gasteiger partial charge in [0.05, 0.1) is 11.1 Å². The summed E-state index contributed by atoms with van der Waals surface area (Å²) in [7, 11) is 0.